The number of ether oxygens (including phenoxy) is 2. The van der Waals surface area contributed by atoms with Gasteiger partial charge in [0.05, 0.1) is 28.6 Å². The number of allylic oxidation sites excluding steroid dienone is 1. The third-order valence-corrected chi connectivity index (χ3v) is 7.34. The van der Waals surface area contributed by atoms with Crippen LogP contribution < -0.4 is 24.5 Å². The fourth-order valence-corrected chi connectivity index (χ4v) is 5.77. The molecule has 192 valence electrons. The van der Waals surface area contributed by atoms with E-state index < -0.39 is 23.5 Å². The summed E-state index contributed by atoms with van der Waals surface area (Å²) in [6.07, 6.45) is 1.45. The van der Waals surface area contributed by atoms with Crippen LogP contribution in [0, 0.1) is 0 Å². The van der Waals surface area contributed by atoms with E-state index in [2.05, 4.69) is 11.6 Å². The van der Waals surface area contributed by atoms with E-state index in [9.17, 15) is 19.2 Å². The van der Waals surface area contributed by atoms with Crippen LogP contribution in [0.3, 0.4) is 0 Å². The summed E-state index contributed by atoms with van der Waals surface area (Å²) in [5.74, 6) is -1.08. The molecular weight excluding hydrogens is 506 g/mol. The SMILES string of the molecule is C=CCOC(=O)C1=C(C)N=c2sc(=C3C(=O)N(C)c4ccccc43)c(=O)n2C1c1ccc(OC(C)=O)cc1. The normalized spacial score (nSPS) is 17.5. The predicted octanol–water partition coefficient (Wildman–Crippen LogP) is 2.24. The monoisotopic (exact) mass is 529 g/mol. The van der Waals surface area contributed by atoms with Gasteiger partial charge in [-0.2, -0.15) is 0 Å². The lowest BCUT2D eigenvalue weighted by Crippen LogP contribution is -2.40. The largest absolute Gasteiger partial charge is 0.458 e. The van der Waals surface area contributed by atoms with Gasteiger partial charge in [-0.1, -0.05) is 54.3 Å². The molecule has 0 spiro atoms. The van der Waals surface area contributed by atoms with Crippen LogP contribution >= 0.6 is 11.3 Å². The molecule has 5 rings (SSSR count). The number of nitrogens with zero attached hydrogens (tertiary/aromatic N) is 3. The second-order valence-corrected chi connectivity index (χ2v) is 9.69. The van der Waals surface area contributed by atoms with Crippen LogP contribution in [0.25, 0.3) is 5.57 Å². The van der Waals surface area contributed by atoms with Crippen molar-refractivity contribution in [1.29, 1.82) is 0 Å². The number of fused-ring (bicyclic) bond motifs is 2. The Balaban J connectivity index is 1.76. The third-order valence-electron chi connectivity index (χ3n) is 6.29. The van der Waals surface area contributed by atoms with E-state index in [-0.39, 0.29) is 22.6 Å². The molecule has 0 saturated carbocycles. The van der Waals surface area contributed by atoms with E-state index in [1.807, 2.05) is 18.2 Å². The molecule has 0 radical (unpaired) electrons. The Kier molecular flexibility index (Phi) is 6.41. The lowest BCUT2D eigenvalue weighted by Gasteiger charge is -2.24. The van der Waals surface area contributed by atoms with Crippen molar-refractivity contribution in [2.75, 3.05) is 18.6 Å². The van der Waals surface area contributed by atoms with E-state index in [4.69, 9.17) is 9.47 Å². The van der Waals surface area contributed by atoms with Gasteiger partial charge in [-0.3, -0.25) is 19.0 Å². The minimum Gasteiger partial charge on any atom is -0.458 e. The lowest BCUT2D eigenvalue weighted by atomic mass is 9.96. The first-order chi connectivity index (χ1) is 18.2. The van der Waals surface area contributed by atoms with Gasteiger partial charge in [-0.15, -0.1) is 0 Å². The number of rotatable bonds is 5. The Hall–Kier alpha value is -4.57. The van der Waals surface area contributed by atoms with E-state index in [1.165, 1.54) is 22.5 Å². The molecule has 0 N–H and O–H groups in total. The molecule has 1 amide bonds. The van der Waals surface area contributed by atoms with Crippen molar-refractivity contribution in [3.63, 3.8) is 0 Å². The van der Waals surface area contributed by atoms with Crippen molar-refractivity contribution in [3.05, 3.63) is 103 Å². The molecule has 2 aliphatic rings. The molecule has 1 aromatic heterocycles. The highest BCUT2D eigenvalue weighted by molar-refractivity contribution is 7.07. The highest BCUT2D eigenvalue weighted by Gasteiger charge is 2.36. The standard InChI is InChI=1S/C28H23N3O6S/c1-5-14-36-27(35)21-15(2)29-28-31(23(21)17-10-12-18(13-11-17)37-16(3)32)26(34)24(38-28)22-19-8-6-7-9-20(19)30(4)25(22)33/h5-13,23H,1,14H2,2-4H3. The number of aromatic nitrogens is 1. The topological polar surface area (TPSA) is 107 Å². The van der Waals surface area contributed by atoms with Gasteiger partial charge in [-0.25, -0.2) is 9.79 Å². The number of esters is 2. The molecule has 0 saturated heterocycles. The molecule has 2 aromatic carbocycles. The zero-order valence-electron chi connectivity index (χ0n) is 20.9. The summed E-state index contributed by atoms with van der Waals surface area (Å²) in [7, 11) is 1.66. The van der Waals surface area contributed by atoms with E-state index in [0.29, 0.717) is 38.6 Å². The predicted molar refractivity (Wildman–Crippen MR) is 141 cm³/mol. The molecule has 10 heteroatoms. The number of thiazole rings is 1. The zero-order valence-corrected chi connectivity index (χ0v) is 21.7. The number of amides is 1. The number of carbonyl (C=O) groups excluding carboxylic acids is 3. The molecule has 3 aromatic rings. The maximum atomic E-state index is 14.0. The van der Waals surface area contributed by atoms with Crippen LogP contribution in [0.5, 0.6) is 5.75 Å². The summed E-state index contributed by atoms with van der Waals surface area (Å²) in [6.45, 7) is 6.55. The van der Waals surface area contributed by atoms with Crippen molar-refractivity contribution in [2.24, 2.45) is 4.99 Å². The van der Waals surface area contributed by atoms with Crippen LogP contribution in [-0.2, 0) is 19.1 Å². The average molecular weight is 530 g/mol. The van der Waals surface area contributed by atoms with Crippen LogP contribution in [0.15, 0.2) is 82.2 Å². The van der Waals surface area contributed by atoms with Gasteiger partial charge in [-0.05, 0) is 30.7 Å². The lowest BCUT2D eigenvalue weighted by molar-refractivity contribution is -0.138. The van der Waals surface area contributed by atoms with Gasteiger partial charge < -0.3 is 14.4 Å². The van der Waals surface area contributed by atoms with E-state index in [1.54, 1.807) is 44.3 Å². The van der Waals surface area contributed by atoms with Crippen molar-refractivity contribution in [2.45, 2.75) is 19.9 Å². The summed E-state index contributed by atoms with van der Waals surface area (Å²) in [5.41, 5.74) is 2.38. The first-order valence-electron chi connectivity index (χ1n) is 11.7. The van der Waals surface area contributed by atoms with Crippen LogP contribution in [0.1, 0.15) is 31.0 Å². The molecular formula is C28H23N3O6S. The second kappa shape index (κ2) is 9.71. The number of anilines is 1. The second-order valence-electron chi connectivity index (χ2n) is 8.71. The third kappa shape index (κ3) is 4.08. The zero-order chi connectivity index (χ0) is 27.1. The first kappa shape index (κ1) is 25.1. The van der Waals surface area contributed by atoms with Gasteiger partial charge >= 0.3 is 11.9 Å². The highest BCUT2D eigenvalue weighted by atomic mass is 32.1. The Morgan fingerprint density at radius 2 is 1.84 bits per heavy atom. The maximum Gasteiger partial charge on any atom is 0.338 e. The molecule has 3 heterocycles. The molecule has 1 unspecified atom stereocenters. The van der Waals surface area contributed by atoms with Gasteiger partial charge in [0.1, 0.15) is 16.9 Å². The molecule has 9 nitrogen and oxygen atoms in total. The summed E-state index contributed by atoms with van der Waals surface area (Å²) >= 11 is 1.10. The van der Waals surface area contributed by atoms with Gasteiger partial charge in [0.2, 0.25) is 0 Å². The number of likely N-dealkylation sites (N-methyl/N-ethyl adjacent to an activating group) is 1. The van der Waals surface area contributed by atoms with E-state index >= 15 is 0 Å². The quantitative estimate of drug-likeness (QED) is 0.285. The Bertz CT molecular complexity index is 1730. The van der Waals surface area contributed by atoms with Crippen LogP contribution in [0.4, 0.5) is 5.69 Å². The molecule has 0 fully saturated rings. The fraction of sp³-hybridized carbons (Fsp3) is 0.179. The molecule has 0 bridgehead atoms. The average Bonchev–Trinajstić information content (AvgIpc) is 3.34. The molecule has 1 atom stereocenters. The Morgan fingerprint density at radius 3 is 2.53 bits per heavy atom. The van der Waals surface area contributed by atoms with Gasteiger partial charge in [0, 0.05) is 19.5 Å². The van der Waals surface area contributed by atoms with Crippen LogP contribution in [0.2, 0.25) is 0 Å². The van der Waals surface area contributed by atoms with E-state index in [0.717, 1.165) is 11.3 Å². The number of hydrogen-bond acceptors (Lipinski definition) is 8. The smallest absolute Gasteiger partial charge is 0.338 e. The number of para-hydroxylation sites is 1. The summed E-state index contributed by atoms with van der Waals surface area (Å²) in [6, 6.07) is 12.9. The first-order valence-corrected chi connectivity index (χ1v) is 12.5. The van der Waals surface area contributed by atoms with Gasteiger partial charge in [0.25, 0.3) is 11.5 Å². The minimum atomic E-state index is -0.881. The summed E-state index contributed by atoms with van der Waals surface area (Å²) < 4.78 is 12.1. The molecule has 0 aliphatic carbocycles. The minimum absolute atomic E-state index is 0.0140. The molecule has 2 aliphatic heterocycles. The number of hydrogen-bond donors (Lipinski definition) is 0. The molecule has 38 heavy (non-hydrogen) atoms. The van der Waals surface area contributed by atoms with Crippen LogP contribution in [-0.4, -0.2) is 36.1 Å². The summed E-state index contributed by atoms with van der Waals surface area (Å²) in [5, 5.41) is 0. The van der Waals surface area contributed by atoms with Crippen molar-refractivity contribution >= 4 is 40.4 Å². The van der Waals surface area contributed by atoms with Crippen molar-refractivity contribution < 1.29 is 23.9 Å². The Morgan fingerprint density at radius 1 is 1.13 bits per heavy atom. The maximum absolute atomic E-state index is 14.0. The Labute approximate surface area is 221 Å². The number of benzene rings is 2. The van der Waals surface area contributed by atoms with Crippen molar-refractivity contribution in [3.8, 4) is 5.75 Å². The van der Waals surface area contributed by atoms with Crippen molar-refractivity contribution in [1.82, 2.24) is 4.57 Å². The fourth-order valence-electron chi connectivity index (χ4n) is 4.63. The summed E-state index contributed by atoms with van der Waals surface area (Å²) in [4.78, 5) is 58.2. The number of carbonyl (C=O) groups is 3. The van der Waals surface area contributed by atoms with Gasteiger partial charge in [0.15, 0.2) is 4.80 Å². The highest BCUT2D eigenvalue weighted by Crippen LogP contribution is 2.35.